The number of rotatable bonds is 5. The van der Waals surface area contributed by atoms with Gasteiger partial charge in [-0.1, -0.05) is 11.2 Å². The van der Waals surface area contributed by atoms with Gasteiger partial charge in [-0.3, -0.25) is 9.38 Å². The maximum absolute atomic E-state index is 11.0. The summed E-state index contributed by atoms with van der Waals surface area (Å²) in [6.45, 7) is 0. The molecule has 0 aliphatic heterocycles. The summed E-state index contributed by atoms with van der Waals surface area (Å²) in [5.74, 6) is 0.754. The van der Waals surface area contributed by atoms with E-state index in [4.69, 9.17) is 4.98 Å². The van der Waals surface area contributed by atoms with Gasteiger partial charge in [0.15, 0.2) is 5.65 Å². The number of benzene rings is 1. The van der Waals surface area contributed by atoms with Gasteiger partial charge in [-0.2, -0.15) is 10.2 Å². The number of anilines is 2. The van der Waals surface area contributed by atoms with Crippen LogP contribution in [-0.4, -0.2) is 25.6 Å². The molecule has 152 valence electrons. The summed E-state index contributed by atoms with van der Waals surface area (Å²) in [5.41, 5.74) is 5.58. The lowest BCUT2D eigenvalue weighted by Gasteiger charge is -2.11. The second-order valence-electron chi connectivity index (χ2n) is 7.18. The van der Waals surface area contributed by atoms with Crippen LogP contribution in [0.5, 0.6) is 0 Å². The van der Waals surface area contributed by atoms with Crippen molar-refractivity contribution in [2.24, 2.45) is 5.18 Å². The molecule has 3 aromatic heterocycles. The molecule has 1 aromatic carbocycles. The van der Waals surface area contributed by atoms with Crippen molar-refractivity contribution >= 4 is 28.9 Å². The predicted molar refractivity (Wildman–Crippen MR) is 119 cm³/mol. The summed E-state index contributed by atoms with van der Waals surface area (Å²) in [5, 5.41) is 16.7. The Hall–Kier alpha value is -3.77. The molecule has 8 nitrogen and oxygen atoms in total. The number of thioether (sulfide) groups is 1. The quantitative estimate of drug-likeness (QED) is 0.357. The third-order valence-corrected chi connectivity index (χ3v) is 6.12. The number of aromatic nitrogens is 4. The molecule has 1 aliphatic rings. The summed E-state index contributed by atoms with van der Waals surface area (Å²) < 4.78 is 1.92. The number of hydrogen-bond acceptors (Lipinski definition) is 8. The number of imidazole rings is 1. The highest BCUT2D eigenvalue weighted by Gasteiger charge is 2.24. The van der Waals surface area contributed by atoms with E-state index in [2.05, 4.69) is 32.6 Å². The first-order chi connectivity index (χ1) is 15.2. The van der Waals surface area contributed by atoms with Gasteiger partial charge in [-0.05, 0) is 54.5 Å². The standard InChI is InChI=1S/C22H17N7OS/c1-31-22-14(11-23)3-7-18(26-22)20-21(29-9-8-24-12-19(29)27-20)25-15-4-5-16-13(10-15)2-6-17(16)28-30/h3-5,7-10,12,17,25H,2,6H2,1H3. The van der Waals surface area contributed by atoms with Crippen LogP contribution in [0.2, 0.25) is 0 Å². The van der Waals surface area contributed by atoms with Crippen molar-refractivity contribution in [3.05, 3.63) is 70.5 Å². The minimum Gasteiger partial charge on any atom is -0.339 e. The van der Waals surface area contributed by atoms with Crippen LogP contribution in [0.4, 0.5) is 11.5 Å². The molecule has 3 heterocycles. The number of nitrogens with one attached hydrogen (secondary N) is 1. The molecular formula is C22H17N7OS. The summed E-state index contributed by atoms with van der Waals surface area (Å²) in [6, 6.07) is 11.5. The zero-order valence-corrected chi connectivity index (χ0v) is 17.4. The zero-order chi connectivity index (χ0) is 21.4. The van der Waals surface area contributed by atoms with Crippen LogP contribution in [0, 0.1) is 16.2 Å². The monoisotopic (exact) mass is 427 g/mol. The van der Waals surface area contributed by atoms with Gasteiger partial charge in [0.05, 0.1) is 17.5 Å². The van der Waals surface area contributed by atoms with Crippen molar-refractivity contribution in [2.75, 3.05) is 11.6 Å². The molecule has 0 radical (unpaired) electrons. The lowest BCUT2D eigenvalue weighted by Crippen LogP contribution is -1.99. The fraction of sp³-hybridized carbons (Fsp3) is 0.182. The highest BCUT2D eigenvalue weighted by atomic mass is 32.2. The van der Waals surface area contributed by atoms with E-state index in [9.17, 15) is 10.2 Å². The maximum Gasteiger partial charge on any atom is 0.157 e. The lowest BCUT2D eigenvalue weighted by atomic mass is 10.1. The summed E-state index contributed by atoms with van der Waals surface area (Å²) in [4.78, 5) is 24.6. The SMILES string of the molecule is CSc1nc(-c2nc3cnccn3c2Nc2ccc3c(c2)CCC3N=O)ccc1C#N. The van der Waals surface area contributed by atoms with E-state index in [0.29, 0.717) is 27.6 Å². The maximum atomic E-state index is 11.0. The Morgan fingerprint density at radius 2 is 2.19 bits per heavy atom. The van der Waals surface area contributed by atoms with Gasteiger partial charge in [-0.25, -0.2) is 9.97 Å². The van der Waals surface area contributed by atoms with Crippen molar-refractivity contribution in [3.8, 4) is 17.5 Å². The number of nitrogens with zero attached hydrogens (tertiary/aromatic N) is 6. The highest BCUT2D eigenvalue weighted by Crippen LogP contribution is 2.37. The third-order valence-electron chi connectivity index (χ3n) is 5.43. The first-order valence-corrected chi connectivity index (χ1v) is 10.9. The molecule has 0 saturated heterocycles. The van der Waals surface area contributed by atoms with Crippen LogP contribution in [0.25, 0.3) is 17.0 Å². The summed E-state index contributed by atoms with van der Waals surface area (Å²) in [6.07, 6.45) is 8.71. The van der Waals surface area contributed by atoms with E-state index in [1.54, 1.807) is 18.5 Å². The molecule has 4 aromatic rings. The van der Waals surface area contributed by atoms with E-state index in [1.807, 2.05) is 35.1 Å². The van der Waals surface area contributed by atoms with Gasteiger partial charge in [0.2, 0.25) is 0 Å². The number of pyridine rings is 1. The molecule has 0 amide bonds. The Morgan fingerprint density at radius 1 is 1.29 bits per heavy atom. The molecule has 1 unspecified atom stereocenters. The summed E-state index contributed by atoms with van der Waals surface area (Å²) >= 11 is 1.43. The van der Waals surface area contributed by atoms with Gasteiger partial charge in [0.1, 0.15) is 28.6 Å². The van der Waals surface area contributed by atoms with Crippen molar-refractivity contribution < 1.29 is 0 Å². The molecule has 0 spiro atoms. The van der Waals surface area contributed by atoms with E-state index < -0.39 is 0 Å². The molecule has 9 heteroatoms. The lowest BCUT2D eigenvalue weighted by molar-refractivity contribution is 0.710. The molecule has 1 atom stereocenters. The Kier molecular flexibility index (Phi) is 4.84. The number of nitriles is 1. The van der Waals surface area contributed by atoms with Crippen molar-refractivity contribution in [3.63, 3.8) is 0 Å². The van der Waals surface area contributed by atoms with Gasteiger partial charge in [0.25, 0.3) is 0 Å². The third kappa shape index (κ3) is 3.31. The van der Waals surface area contributed by atoms with Crippen LogP contribution >= 0.6 is 11.8 Å². The fourth-order valence-electron chi connectivity index (χ4n) is 3.94. The average Bonchev–Trinajstić information content (AvgIpc) is 3.39. The van der Waals surface area contributed by atoms with Crippen molar-refractivity contribution in [1.82, 2.24) is 19.4 Å². The molecule has 1 aliphatic carbocycles. The molecule has 0 saturated carbocycles. The predicted octanol–water partition coefficient (Wildman–Crippen LogP) is 4.88. The first kappa shape index (κ1) is 19.2. The second-order valence-corrected chi connectivity index (χ2v) is 7.97. The van der Waals surface area contributed by atoms with E-state index in [0.717, 1.165) is 35.5 Å². The summed E-state index contributed by atoms with van der Waals surface area (Å²) in [7, 11) is 0. The Balaban J connectivity index is 1.61. The molecular weight excluding hydrogens is 410 g/mol. The van der Waals surface area contributed by atoms with Crippen LogP contribution in [0.3, 0.4) is 0 Å². The van der Waals surface area contributed by atoms with E-state index in [-0.39, 0.29) is 6.04 Å². The normalized spacial score (nSPS) is 14.9. The highest BCUT2D eigenvalue weighted by molar-refractivity contribution is 7.98. The molecule has 1 N–H and O–H groups in total. The minimum absolute atomic E-state index is 0.255. The number of aryl methyl sites for hydroxylation is 1. The van der Waals surface area contributed by atoms with Gasteiger partial charge >= 0.3 is 0 Å². The smallest absolute Gasteiger partial charge is 0.157 e. The number of fused-ring (bicyclic) bond motifs is 2. The second kappa shape index (κ2) is 7.81. The molecule has 0 fully saturated rings. The zero-order valence-electron chi connectivity index (χ0n) is 16.6. The first-order valence-electron chi connectivity index (χ1n) is 9.71. The van der Waals surface area contributed by atoms with Crippen LogP contribution in [0.15, 0.2) is 59.1 Å². The Morgan fingerprint density at radius 3 is 3.00 bits per heavy atom. The van der Waals surface area contributed by atoms with Crippen LogP contribution in [-0.2, 0) is 6.42 Å². The fourth-order valence-corrected chi connectivity index (χ4v) is 4.46. The number of nitroso groups, excluding NO2 is 1. The Bertz CT molecular complexity index is 1360. The molecule has 0 bridgehead atoms. The average molecular weight is 427 g/mol. The Labute approximate surface area is 182 Å². The van der Waals surface area contributed by atoms with Gasteiger partial charge in [0, 0.05) is 18.1 Å². The molecule has 31 heavy (non-hydrogen) atoms. The van der Waals surface area contributed by atoms with Gasteiger partial charge in [-0.15, -0.1) is 11.8 Å². The minimum atomic E-state index is -0.255. The largest absolute Gasteiger partial charge is 0.339 e. The van der Waals surface area contributed by atoms with Crippen molar-refractivity contribution in [1.29, 1.82) is 5.26 Å². The van der Waals surface area contributed by atoms with Gasteiger partial charge < -0.3 is 5.32 Å². The number of hydrogen-bond donors (Lipinski definition) is 1. The topological polar surface area (TPSA) is 108 Å². The van der Waals surface area contributed by atoms with Crippen LogP contribution < -0.4 is 5.32 Å². The molecule has 5 rings (SSSR count). The van der Waals surface area contributed by atoms with E-state index >= 15 is 0 Å². The van der Waals surface area contributed by atoms with Crippen molar-refractivity contribution in [2.45, 2.75) is 23.9 Å². The van der Waals surface area contributed by atoms with E-state index in [1.165, 1.54) is 11.8 Å². The van der Waals surface area contributed by atoms with Crippen LogP contribution in [0.1, 0.15) is 29.2 Å².